The Morgan fingerprint density at radius 3 is 2.12 bits per heavy atom. The Balaban J connectivity index is 1.72. The largest absolute Gasteiger partial charge is 0.0802 e. The summed E-state index contributed by atoms with van der Waals surface area (Å²) >= 11 is 0. The maximum atomic E-state index is 2.22. The molecule has 0 atom stereocenters. The second kappa shape index (κ2) is 6.70. The first-order valence-corrected chi connectivity index (χ1v) is 6.04. The SMILES string of the molecule is [CH](/C=C/c1ccccc1)CCc1ccccc1. The van der Waals surface area contributed by atoms with Crippen LogP contribution in [-0.4, -0.2) is 0 Å². The smallest absolute Gasteiger partial charge is 0.0164 e. The molecular weight excluding hydrogens is 204 g/mol. The van der Waals surface area contributed by atoms with E-state index in [1.54, 1.807) is 0 Å². The van der Waals surface area contributed by atoms with Gasteiger partial charge in [-0.3, -0.25) is 0 Å². The Bertz CT molecular complexity index is 440. The molecule has 85 valence electrons. The van der Waals surface area contributed by atoms with Crippen molar-refractivity contribution in [3.63, 3.8) is 0 Å². The maximum Gasteiger partial charge on any atom is -0.0164 e. The van der Waals surface area contributed by atoms with Crippen molar-refractivity contribution in [1.29, 1.82) is 0 Å². The van der Waals surface area contributed by atoms with Gasteiger partial charge in [0, 0.05) is 0 Å². The molecule has 2 aromatic carbocycles. The van der Waals surface area contributed by atoms with Gasteiger partial charge in [0.25, 0.3) is 0 Å². The van der Waals surface area contributed by atoms with E-state index in [-0.39, 0.29) is 0 Å². The molecule has 17 heavy (non-hydrogen) atoms. The van der Waals surface area contributed by atoms with Gasteiger partial charge in [-0.25, -0.2) is 0 Å². The highest BCUT2D eigenvalue weighted by Crippen LogP contribution is 2.06. The Kier molecular flexibility index (Phi) is 4.59. The lowest BCUT2D eigenvalue weighted by molar-refractivity contribution is 0.963. The van der Waals surface area contributed by atoms with Gasteiger partial charge in [0.1, 0.15) is 0 Å². The summed E-state index contributed by atoms with van der Waals surface area (Å²) in [6, 6.07) is 21.0. The van der Waals surface area contributed by atoms with Gasteiger partial charge < -0.3 is 0 Å². The maximum absolute atomic E-state index is 2.22. The van der Waals surface area contributed by atoms with Crippen LogP contribution in [0.3, 0.4) is 0 Å². The molecular formula is C17H17. The predicted molar refractivity (Wildman–Crippen MR) is 74.5 cm³/mol. The van der Waals surface area contributed by atoms with Gasteiger partial charge in [0.2, 0.25) is 0 Å². The number of hydrogen-bond acceptors (Lipinski definition) is 0. The first-order valence-electron chi connectivity index (χ1n) is 6.04. The van der Waals surface area contributed by atoms with Crippen molar-refractivity contribution in [1.82, 2.24) is 0 Å². The number of rotatable bonds is 5. The molecule has 0 bridgehead atoms. The van der Waals surface area contributed by atoms with E-state index in [1.807, 2.05) is 6.07 Å². The molecule has 0 heterocycles. The summed E-state index contributed by atoms with van der Waals surface area (Å²) < 4.78 is 0. The van der Waals surface area contributed by atoms with Crippen molar-refractivity contribution in [3.8, 4) is 0 Å². The molecule has 2 rings (SSSR count). The number of aryl methyl sites for hydroxylation is 1. The monoisotopic (exact) mass is 221 g/mol. The van der Waals surface area contributed by atoms with Crippen LogP contribution in [0.2, 0.25) is 0 Å². The summed E-state index contributed by atoms with van der Waals surface area (Å²) in [6.45, 7) is 0. The average molecular weight is 221 g/mol. The van der Waals surface area contributed by atoms with Gasteiger partial charge >= 0.3 is 0 Å². The minimum Gasteiger partial charge on any atom is -0.0802 e. The Morgan fingerprint density at radius 2 is 1.41 bits per heavy atom. The average Bonchev–Trinajstić information content (AvgIpc) is 2.41. The molecule has 1 radical (unpaired) electrons. The summed E-state index contributed by atoms with van der Waals surface area (Å²) in [5.74, 6) is 0. The van der Waals surface area contributed by atoms with Gasteiger partial charge in [0.15, 0.2) is 0 Å². The molecule has 0 aliphatic rings. The van der Waals surface area contributed by atoms with Crippen molar-refractivity contribution < 1.29 is 0 Å². The topological polar surface area (TPSA) is 0 Å². The van der Waals surface area contributed by atoms with Crippen molar-refractivity contribution in [2.45, 2.75) is 12.8 Å². The van der Waals surface area contributed by atoms with E-state index in [0.717, 1.165) is 12.8 Å². The van der Waals surface area contributed by atoms with Crippen LogP contribution in [-0.2, 0) is 6.42 Å². The second-order valence-corrected chi connectivity index (χ2v) is 4.03. The molecule has 0 aliphatic carbocycles. The second-order valence-electron chi connectivity index (χ2n) is 4.03. The van der Waals surface area contributed by atoms with Crippen molar-refractivity contribution in [3.05, 3.63) is 84.3 Å². The zero-order valence-corrected chi connectivity index (χ0v) is 9.92. The molecule has 0 saturated carbocycles. The molecule has 0 saturated heterocycles. The van der Waals surface area contributed by atoms with Crippen LogP contribution in [0.1, 0.15) is 17.5 Å². The fourth-order valence-corrected chi connectivity index (χ4v) is 1.73. The zero-order chi connectivity index (χ0) is 11.8. The highest BCUT2D eigenvalue weighted by Gasteiger charge is 1.90. The standard InChI is InChI=1S/C17H17/c1-4-10-16(11-5-1)14-8-3-9-15-17-12-6-2-7-13-17/h1-8,10-14H,9,15H2/b14-8+. The molecule has 2 aromatic rings. The lowest BCUT2D eigenvalue weighted by Gasteiger charge is -1.98. The molecule has 0 N–H and O–H groups in total. The summed E-state index contributed by atoms with van der Waals surface area (Å²) in [5.41, 5.74) is 2.65. The molecule has 0 unspecified atom stereocenters. The van der Waals surface area contributed by atoms with Crippen molar-refractivity contribution in [2.75, 3.05) is 0 Å². The summed E-state index contributed by atoms with van der Waals surface area (Å²) in [4.78, 5) is 0. The van der Waals surface area contributed by atoms with Gasteiger partial charge in [-0.1, -0.05) is 72.8 Å². The molecule has 0 heteroatoms. The van der Waals surface area contributed by atoms with E-state index in [2.05, 4.69) is 73.2 Å². The lowest BCUT2D eigenvalue weighted by atomic mass is 10.1. The normalized spacial score (nSPS) is 10.8. The third kappa shape index (κ3) is 4.28. The van der Waals surface area contributed by atoms with Gasteiger partial charge in [-0.2, -0.15) is 0 Å². The van der Waals surface area contributed by atoms with E-state index in [0.29, 0.717) is 0 Å². The number of unbranched alkanes of at least 4 members (excludes halogenated alkanes) is 1. The quantitative estimate of drug-likeness (QED) is 0.650. The third-order valence-electron chi connectivity index (χ3n) is 2.67. The van der Waals surface area contributed by atoms with Gasteiger partial charge in [-0.15, -0.1) is 0 Å². The van der Waals surface area contributed by atoms with E-state index >= 15 is 0 Å². The van der Waals surface area contributed by atoms with E-state index in [1.165, 1.54) is 11.1 Å². The number of allylic oxidation sites excluding steroid dienone is 1. The van der Waals surface area contributed by atoms with Crippen molar-refractivity contribution >= 4 is 6.08 Å². The Hall–Kier alpha value is -1.82. The predicted octanol–water partition coefficient (Wildman–Crippen LogP) is 4.54. The molecule has 0 fully saturated rings. The van der Waals surface area contributed by atoms with Gasteiger partial charge in [-0.05, 0) is 30.4 Å². The number of hydrogen-bond donors (Lipinski definition) is 0. The van der Waals surface area contributed by atoms with Crippen LogP contribution < -0.4 is 0 Å². The molecule has 0 aromatic heterocycles. The van der Waals surface area contributed by atoms with E-state index < -0.39 is 0 Å². The minimum atomic E-state index is 1.09. The van der Waals surface area contributed by atoms with Crippen LogP contribution in [0.4, 0.5) is 0 Å². The highest BCUT2D eigenvalue weighted by molar-refractivity contribution is 5.49. The number of benzene rings is 2. The fourth-order valence-electron chi connectivity index (χ4n) is 1.73. The lowest BCUT2D eigenvalue weighted by Crippen LogP contribution is -1.83. The van der Waals surface area contributed by atoms with Crippen LogP contribution >= 0.6 is 0 Å². The summed E-state index contributed by atoms with van der Waals surface area (Å²) in [5, 5.41) is 0. The van der Waals surface area contributed by atoms with Gasteiger partial charge in [0.05, 0.1) is 0 Å². The van der Waals surface area contributed by atoms with Crippen LogP contribution in [0.5, 0.6) is 0 Å². The zero-order valence-electron chi connectivity index (χ0n) is 9.92. The van der Waals surface area contributed by atoms with Crippen LogP contribution in [0.15, 0.2) is 66.7 Å². The molecule has 0 amide bonds. The molecule has 0 aliphatic heterocycles. The van der Waals surface area contributed by atoms with Crippen molar-refractivity contribution in [2.24, 2.45) is 0 Å². The molecule has 0 spiro atoms. The third-order valence-corrected chi connectivity index (χ3v) is 2.67. The highest BCUT2D eigenvalue weighted by atomic mass is 14.0. The van der Waals surface area contributed by atoms with Crippen LogP contribution in [0, 0.1) is 6.42 Å². The summed E-state index contributed by atoms with van der Waals surface area (Å²) in [6.07, 6.45) is 8.70. The molecule has 0 nitrogen and oxygen atoms in total. The Labute approximate surface area is 104 Å². The Morgan fingerprint density at radius 1 is 0.765 bits per heavy atom. The fraction of sp³-hybridized carbons (Fsp3) is 0.118. The first-order chi connectivity index (χ1) is 8.45. The first kappa shape index (κ1) is 11.7. The summed E-state index contributed by atoms with van der Waals surface area (Å²) in [7, 11) is 0. The van der Waals surface area contributed by atoms with E-state index in [9.17, 15) is 0 Å². The van der Waals surface area contributed by atoms with Crippen LogP contribution in [0.25, 0.3) is 6.08 Å². The minimum absolute atomic E-state index is 1.09. The van der Waals surface area contributed by atoms with E-state index in [4.69, 9.17) is 0 Å².